The van der Waals surface area contributed by atoms with Gasteiger partial charge in [-0.1, -0.05) is 0 Å². The van der Waals surface area contributed by atoms with Crippen LogP contribution in [0.2, 0.25) is 0 Å². The average molecular weight is 314 g/mol. The molecule has 5 nitrogen and oxygen atoms in total. The molecule has 2 bridgehead atoms. The highest BCUT2D eigenvalue weighted by Crippen LogP contribution is 2.30. The monoisotopic (exact) mass is 314 g/mol. The molecule has 5 heterocycles. The molecule has 5 rings (SSSR count). The number of H-pyrrole nitrogens is 1. The summed E-state index contributed by atoms with van der Waals surface area (Å²) in [7, 11) is 0. The van der Waals surface area contributed by atoms with Crippen molar-refractivity contribution in [2.45, 2.75) is 45.8 Å². The number of aromatic amines is 1. The first kappa shape index (κ1) is 15.0. The van der Waals surface area contributed by atoms with Crippen LogP contribution in [0.5, 0.6) is 0 Å². The van der Waals surface area contributed by atoms with Crippen molar-refractivity contribution < 1.29 is 4.42 Å². The molecular formula is C18H26N4O. The Morgan fingerprint density at radius 2 is 2.09 bits per heavy atom. The van der Waals surface area contributed by atoms with Crippen LogP contribution in [0.4, 0.5) is 0 Å². The van der Waals surface area contributed by atoms with Gasteiger partial charge in [-0.05, 0) is 44.7 Å². The molecule has 3 aliphatic rings. The summed E-state index contributed by atoms with van der Waals surface area (Å²) in [4.78, 5) is 12.9. The Bertz CT molecular complexity index is 662. The maximum absolute atomic E-state index is 5.79. The quantitative estimate of drug-likeness (QED) is 0.942. The molecule has 23 heavy (non-hydrogen) atoms. The number of hydrogen-bond acceptors (Lipinski definition) is 4. The van der Waals surface area contributed by atoms with Crippen LogP contribution in [-0.2, 0) is 13.1 Å². The summed E-state index contributed by atoms with van der Waals surface area (Å²) < 4.78 is 5.79. The largest absolute Gasteiger partial charge is 0.465 e. The second kappa shape index (κ2) is 6.13. The topological polar surface area (TPSA) is 48.3 Å². The van der Waals surface area contributed by atoms with Crippen LogP contribution >= 0.6 is 0 Å². The van der Waals surface area contributed by atoms with Gasteiger partial charge in [0.25, 0.3) is 0 Å². The molecule has 0 saturated carbocycles. The molecule has 2 aromatic heterocycles. The standard InChI is InChI=1S/C18H26N4O/c1-13-3-6-17(23-13)10-22-8-15-4-5-16(22)9-21(7-15)11-18-14(2)19-12-20-18/h3,6,12,15-16H,4-5,7-11H2,1-2H3,(H,19,20)/t15-,16+/m1/s1. The lowest BCUT2D eigenvalue weighted by molar-refractivity contribution is 0.114. The van der Waals surface area contributed by atoms with Crippen molar-refractivity contribution in [1.29, 1.82) is 0 Å². The number of fused-ring (bicyclic) bond motifs is 4. The number of hydrogen-bond donors (Lipinski definition) is 1. The summed E-state index contributed by atoms with van der Waals surface area (Å²) in [6, 6.07) is 4.83. The fraction of sp³-hybridized carbons (Fsp3) is 0.611. The molecule has 124 valence electrons. The molecule has 0 aliphatic carbocycles. The molecule has 0 aromatic carbocycles. The van der Waals surface area contributed by atoms with E-state index in [-0.39, 0.29) is 0 Å². The molecule has 2 aromatic rings. The van der Waals surface area contributed by atoms with Crippen molar-refractivity contribution in [1.82, 2.24) is 19.8 Å². The molecule has 3 aliphatic heterocycles. The van der Waals surface area contributed by atoms with Crippen molar-refractivity contribution in [3.05, 3.63) is 41.4 Å². The van der Waals surface area contributed by atoms with E-state index in [0.29, 0.717) is 6.04 Å². The Morgan fingerprint density at radius 1 is 1.17 bits per heavy atom. The molecule has 5 heteroatoms. The minimum absolute atomic E-state index is 0.637. The number of aryl methyl sites for hydroxylation is 2. The van der Waals surface area contributed by atoms with E-state index in [4.69, 9.17) is 4.42 Å². The number of aromatic nitrogens is 2. The summed E-state index contributed by atoms with van der Waals surface area (Å²) >= 11 is 0. The zero-order valence-corrected chi connectivity index (χ0v) is 14.1. The molecule has 0 amide bonds. The molecule has 1 N–H and O–H groups in total. The zero-order chi connectivity index (χ0) is 15.8. The normalized spacial score (nSPS) is 25.8. The number of nitrogens with one attached hydrogen (secondary N) is 1. The number of rotatable bonds is 4. The molecular weight excluding hydrogens is 288 g/mol. The lowest BCUT2D eigenvalue weighted by Gasteiger charge is -2.35. The van der Waals surface area contributed by atoms with E-state index in [1.165, 1.54) is 37.3 Å². The average Bonchev–Trinajstić information content (AvgIpc) is 3.00. The van der Waals surface area contributed by atoms with Crippen LogP contribution in [-0.4, -0.2) is 45.4 Å². The fourth-order valence-corrected chi connectivity index (χ4v) is 4.13. The Labute approximate surface area is 137 Å². The maximum Gasteiger partial charge on any atom is 0.118 e. The summed E-state index contributed by atoms with van der Waals surface area (Å²) in [5.74, 6) is 2.88. The van der Waals surface area contributed by atoms with Gasteiger partial charge in [0.15, 0.2) is 0 Å². The molecule has 2 atom stereocenters. The van der Waals surface area contributed by atoms with Crippen LogP contribution < -0.4 is 0 Å². The molecule has 0 spiro atoms. The van der Waals surface area contributed by atoms with Crippen LogP contribution in [0.1, 0.15) is 35.7 Å². The summed E-state index contributed by atoms with van der Waals surface area (Å²) in [6.07, 6.45) is 4.47. The second-order valence-corrected chi connectivity index (χ2v) is 7.21. The smallest absolute Gasteiger partial charge is 0.118 e. The predicted molar refractivity (Wildman–Crippen MR) is 89.0 cm³/mol. The van der Waals surface area contributed by atoms with Crippen molar-refractivity contribution in [2.24, 2.45) is 5.92 Å². The summed E-state index contributed by atoms with van der Waals surface area (Å²) in [5, 5.41) is 0. The second-order valence-electron chi connectivity index (χ2n) is 7.21. The minimum Gasteiger partial charge on any atom is -0.465 e. The number of furan rings is 1. The summed E-state index contributed by atoms with van der Waals surface area (Å²) in [6.45, 7) is 9.58. The van der Waals surface area contributed by atoms with E-state index in [9.17, 15) is 0 Å². The number of piperidine rings is 1. The van der Waals surface area contributed by atoms with E-state index >= 15 is 0 Å². The van der Waals surface area contributed by atoms with Gasteiger partial charge in [-0.25, -0.2) is 4.98 Å². The van der Waals surface area contributed by atoms with E-state index in [1.54, 1.807) is 0 Å². The van der Waals surface area contributed by atoms with Gasteiger partial charge in [0.2, 0.25) is 0 Å². The molecule has 3 saturated heterocycles. The number of imidazole rings is 1. The molecule has 0 unspecified atom stereocenters. The number of nitrogens with zero attached hydrogens (tertiary/aromatic N) is 3. The van der Waals surface area contributed by atoms with Gasteiger partial charge in [-0.2, -0.15) is 0 Å². The van der Waals surface area contributed by atoms with E-state index in [2.05, 4.69) is 38.8 Å². The van der Waals surface area contributed by atoms with Gasteiger partial charge in [0.1, 0.15) is 11.5 Å². The fourth-order valence-electron chi connectivity index (χ4n) is 4.13. The van der Waals surface area contributed by atoms with Gasteiger partial charge in [0, 0.05) is 37.9 Å². The zero-order valence-electron chi connectivity index (χ0n) is 14.1. The van der Waals surface area contributed by atoms with Gasteiger partial charge in [-0.15, -0.1) is 0 Å². The van der Waals surface area contributed by atoms with Crippen LogP contribution in [0.3, 0.4) is 0 Å². The lowest BCUT2D eigenvalue weighted by atomic mass is 9.95. The van der Waals surface area contributed by atoms with Crippen LogP contribution in [0.15, 0.2) is 22.9 Å². The van der Waals surface area contributed by atoms with Crippen LogP contribution in [0.25, 0.3) is 0 Å². The first-order valence-electron chi connectivity index (χ1n) is 8.68. The van der Waals surface area contributed by atoms with Crippen molar-refractivity contribution in [3.63, 3.8) is 0 Å². The predicted octanol–water partition coefficient (Wildman–Crippen LogP) is 2.72. The van der Waals surface area contributed by atoms with E-state index in [1.807, 2.05) is 13.3 Å². The van der Waals surface area contributed by atoms with E-state index < -0.39 is 0 Å². The Kier molecular flexibility index (Phi) is 3.99. The lowest BCUT2D eigenvalue weighted by Crippen LogP contribution is -2.43. The highest BCUT2D eigenvalue weighted by Gasteiger charge is 2.35. The van der Waals surface area contributed by atoms with Gasteiger partial charge >= 0.3 is 0 Å². The van der Waals surface area contributed by atoms with E-state index in [0.717, 1.165) is 37.1 Å². The first-order chi connectivity index (χ1) is 11.2. The minimum atomic E-state index is 0.637. The van der Waals surface area contributed by atoms with Crippen molar-refractivity contribution >= 4 is 0 Å². The van der Waals surface area contributed by atoms with Crippen molar-refractivity contribution in [2.75, 3.05) is 19.6 Å². The third kappa shape index (κ3) is 3.21. The SMILES string of the molecule is Cc1ccc(CN2C[C@@H]3CC[C@H]2CN(Cc2nc[nH]c2C)C3)o1. The Hall–Kier alpha value is -1.59. The van der Waals surface area contributed by atoms with Gasteiger partial charge < -0.3 is 9.40 Å². The third-order valence-electron chi connectivity index (χ3n) is 5.37. The highest BCUT2D eigenvalue weighted by molar-refractivity contribution is 5.09. The third-order valence-corrected chi connectivity index (χ3v) is 5.37. The molecule has 0 radical (unpaired) electrons. The first-order valence-corrected chi connectivity index (χ1v) is 8.68. The highest BCUT2D eigenvalue weighted by atomic mass is 16.3. The molecule has 3 fully saturated rings. The van der Waals surface area contributed by atoms with Gasteiger partial charge in [0.05, 0.1) is 18.6 Å². The van der Waals surface area contributed by atoms with Crippen LogP contribution in [0, 0.1) is 19.8 Å². The summed E-state index contributed by atoms with van der Waals surface area (Å²) in [5.41, 5.74) is 2.39. The Morgan fingerprint density at radius 3 is 2.83 bits per heavy atom. The Balaban J connectivity index is 1.45. The van der Waals surface area contributed by atoms with Gasteiger partial charge in [-0.3, -0.25) is 9.80 Å². The van der Waals surface area contributed by atoms with Crippen molar-refractivity contribution in [3.8, 4) is 0 Å². The maximum atomic E-state index is 5.79.